The predicted molar refractivity (Wildman–Crippen MR) is 269 cm³/mol. The molecule has 6 heteroatoms. The Morgan fingerprint density at radius 3 is 1.18 bits per heavy atom. The van der Waals surface area contributed by atoms with Crippen LogP contribution < -0.4 is 5.32 Å². The molecule has 0 radical (unpaired) electrons. The Morgan fingerprint density at radius 1 is 0.435 bits per heavy atom. The van der Waals surface area contributed by atoms with Crippen molar-refractivity contribution in [1.82, 2.24) is 5.32 Å². The zero-order valence-corrected chi connectivity index (χ0v) is 41.9. The summed E-state index contributed by atoms with van der Waals surface area (Å²) in [6.07, 6.45) is 60.6. The van der Waals surface area contributed by atoms with Crippen molar-refractivity contribution in [2.75, 3.05) is 13.2 Å². The number of unbranched alkanes of at least 4 members (excludes halogenated alkanes) is 39. The lowest BCUT2D eigenvalue weighted by Gasteiger charge is -2.22. The summed E-state index contributed by atoms with van der Waals surface area (Å²) in [5.74, 6) is -0.123. The maximum atomic E-state index is 12.5. The first kappa shape index (κ1) is 60.6. The number of hydrogen-bond donors (Lipinski definition) is 3. The van der Waals surface area contributed by atoms with Gasteiger partial charge in [0.2, 0.25) is 5.91 Å². The van der Waals surface area contributed by atoms with Crippen LogP contribution >= 0.6 is 0 Å². The molecule has 0 spiro atoms. The summed E-state index contributed by atoms with van der Waals surface area (Å²) in [6.45, 7) is 4.89. The fourth-order valence-corrected chi connectivity index (χ4v) is 8.76. The summed E-state index contributed by atoms with van der Waals surface area (Å²) in [5.41, 5.74) is 0. The van der Waals surface area contributed by atoms with Crippen LogP contribution in [0.5, 0.6) is 0 Å². The molecule has 0 bridgehead atoms. The monoisotopic (exact) mass is 876 g/mol. The van der Waals surface area contributed by atoms with Gasteiger partial charge in [0.1, 0.15) is 0 Å². The van der Waals surface area contributed by atoms with E-state index in [2.05, 4.69) is 31.3 Å². The lowest BCUT2D eigenvalue weighted by atomic mass is 10.0. The molecule has 0 aromatic heterocycles. The highest BCUT2D eigenvalue weighted by atomic mass is 16.5. The molecule has 62 heavy (non-hydrogen) atoms. The molecule has 368 valence electrons. The van der Waals surface area contributed by atoms with Crippen LogP contribution in [0.1, 0.15) is 309 Å². The van der Waals surface area contributed by atoms with Gasteiger partial charge in [-0.25, -0.2) is 0 Å². The molecule has 0 fully saturated rings. The third-order valence-corrected chi connectivity index (χ3v) is 13.1. The molecule has 0 aliphatic rings. The van der Waals surface area contributed by atoms with Crippen LogP contribution in [-0.2, 0) is 14.3 Å². The van der Waals surface area contributed by atoms with Crippen LogP contribution in [0, 0.1) is 0 Å². The summed E-state index contributed by atoms with van der Waals surface area (Å²) in [5, 5.41) is 23.2. The molecule has 0 aliphatic carbocycles. The molecule has 0 aromatic rings. The predicted octanol–water partition coefficient (Wildman–Crippen LogP) is 16.9. The van der Waals surface area contributed by atoms with Crippen molar-refractivity contribution in [2.45, 2.75) is 321 Å². The third-order valence-electron chi connectivity index (χ3n) is 13.1. The molecule has 1 amide bonds. The fraction of sp³-hybridized carbons (Fsp3) is 0.929. The largest absolute Gasteiger partial charge is 0.466 e. The second kappa shape index (κ2) is 52.2. The fourth-order valence-electron chi connectivity index (χ4n) is 8.76. The summed E-state index contributed by atoms with van der Waals surface area (Å²) >= 11 is 0. The van der Waals surface area contributed by atoms with E-state index in [0.29, 0.717) is 25.9 Å². The number of aliphatic hydroxyl groups excluding tert-OH is 2. The molecule has 2 unspecified atom stereocenters. The molecule has 0 aromatic carbocycles. The summed E-state index contributed by atoms with van der Waals surface area (Å²) in [6, 6.07) is -0.578. The van der Waals surface area contributed by atoms with Crippen LogP contribution in [0.25, 0.3) is 0 Å². The Labute approximate surface area is 387 Å². The zero-order chi connectivity index (χ0) is 45.1. The van der Waals surface area contributed by atoms with Crippen LogP contribution in [0.15, 0.2) is 12.2 Å². The lowest BCUT2D eigenvalue weighted by Crippen LogP contribution is -2.45. The number of nitrogens with one attached hydrogen (secondary N) is 1. The molecule has 0 heterocycles. The Balaban J connectivity index is 3.50. The second-order valence-corrected chi connectivity index (χ2v) is 19.3. The summed E-state index contributed by atoms with van der Waals surface area (Å²) in [4.78, 5) is 24.5. The molecule has 0 rings (SSSR count). The minimum absolute atomic E-state index is 0.0305. The molecule has 2 atom stereocenters. The van der Waals surface area contributed by atoms with Crippen molar-refractivity contribution >= 4 is 11.9 Å². The maximum absolute atomic E-state index is 12.5. The summed E-state index contributed by atoms with van der Waals surface area (Å²) < 4.78 is 5.46. The molecule has 0 aliphatic heterocycles. The van der Waals surface area contributed by atoms with Crippen molar-refractivity contribution < 1.29 is 24.5 Å². The Hall–Kier alpha value is -1.40. The van der Waals surface area contributed by atoms with Crippen molar-refractivity contribution in [3.05, 3.63) is 12.2 Å². The van der Waals surface area contributed by atoms with Crippen molar-refractivity contribution in [2.24, 2.45) is 0 Å². The van der Waals surface area contributed by atoms with E-state index in [9.17, 15) is 19.8 Å². The zero-order valence-electron chi connectivity index (χ0n) is 41.9. The minimum Gasteiger partial charge on any atom is -0.466 e. The quantitative estimate of drug-likeness (QED) is 0.0321. The number of carbonyl (C=O) groups is 2. The Morgan fingerprint density at radius 2 is 0.774 bits per heavy atom. The van der Waals surface area contributed by atoms with Crippen molar-refractivity contribution in [3.8, 4) is 0 Å². The van der Waals surface area contributed by atoms with E-state index in [1.165, 1.54) is 205 Å². The minimum atomic E-state index is -0.694. The van der Waals surface area contributed by atoms with E-state index in [-0.39, 0.29) is 18.5 Å². The number of ether oxygens (including phenoxy) is 1. The van der Waals surface area contributed by atoms with E-state index in [1.807, 2.05) is 0 Å². The van der Waals surface area contributed by atoms with Gasteiger partial charge in [-0.15, -0.1) is 0 Å². The number of aliphatic hydroxyl groups is 2. The topological polar surface area (TPSA) is 95.9 Å². The Bertz CT molecular complexity index is 924. The van der Waals surface area contributed by atoms with Crippen LogP contribution in [0.3, 0.4) is 0 Å². The van der Waals surface area contributed by atoms with Gasteiger partial charge in [0.05, 0.1) is 25.4 Å². The van der Waals surface area contributed by atoms with Gasteiger partial charge in [-0.2, -0.15) is 0 Å². The highest BCUT2D eigenvalue weighted by Gasteiger charge is 2.20. The molecular weight excluding hydrogens is 767 g/mol. The smallest absolute Gasteiger partial charge is 0.305 e. The van der Waals surface area contributed by atoms with E-state index >= 15 is 0 Å². The van der Waals surface area contributed by atoms with E-state index in [1.54, 1.807) is 0 Å². The number of carbonyl (C=O) groups excluding carboxylic acids is 2. The number of rotatable bonds is 52. The van der Waals surface area contributed by atoms with Crippen LogP contribution in [0.4, 0.5) is 0 Å². The first-order chi connectivity index (χ1) is 30.5. The molecular formula is C56H109NO5. The molecule has 6 nitrogen and oxygen atoms in total. The first-order valence-electron chi connectivity index (χ1n) is 27.9. The number of allylic oxidation sites excluding steroid dienone is 2. The average molecular weight is 876 g/mol. The number of hydrogen-bond acceptors (Lipinski definition) is 5. The van der Waals surface area contributed by atoms with Gasteiger partial charge in [-0.3, -0.25) is 9.59 Å². The van der Waals surface area contributed by atoms with E-state index in [0.717, 1.165) is 70.6 Å². The van der Waals surface area contributed by atoms with E-state index < -0.39 is 12.1 Å². The van der Waals surface area contributed by atoms with Crippen molar-refractivity contribution in [3.63, 3.8) is 0 Å². The first-order valence-corrected chi connectivity index (χ1v) is 27.9. The standard InChI is InChI=1S/C56H109NO5/c1-3-5-7-9-11-13-15-17-19-21-23-25-27-29-32-36-40-44-48-54(59)53(52-58)57-55(60)49-45-41-37-33-31-35-39-43-47-51-62-56(61)50-46-42-38-34-30-28-26-24-22-20-18-16-14-12-10-8-6-4-2/h33,37,53-54,58-59H,3-32,34-36,38-52H2,1-2H3,(H,57,60)/b37-33-. The molecule has 0 saturated carbocycles. The average Bonchev–Trinajstić information content (AvgIpc) is 3.27. The molecule has 3 N–H and O–H groups in total. The van der Waals surface area contributed by atoms with Gasteiger partial charge < -0.3 is 20.3 Å². The lowest BCUT2D eigenvalue weighted by molar-refractivity contribution is -0.143. The normalized spacial score (nSPS) is 12.6. The van der Waals surface area contributed by atoms with Crippen LogP contribution in [-0.4, -0.2) is 47.4 Å². The van der Waals surface area contributed by atoms with Gasteiger partial charge in [0.25, 0.3) is 0 Å². The van der Waals surface area contributed by atoms with Crippen LogP contribution in [0.2, 0.25) is 0 Å². The third kappa shape index (κ3) is 48.1. The van der Waals surface area contributed by atoms with E-state index in [4.69, 9.17) is 4.74 Å². The highest BCUT2D eigenvalue weighted by Crippen LogP contribution is 2.17. The van der Waals surface area contributed by atoms with Gasteiger partial charge in [0.15, 0.2) is 0 Å². The van der Waals surface area contributed by atoms with Gasteiger partial charge in [-0.05, 0) is 44.9 Å². The van der Waals surface area contributed by atoms with Gasteiger partial charge in [0, 0.05) is 12.8 Å². The highest BCUT2D eigenvalue weighted by molar-refractivity contribution is 5.76. The summed E-state index contributed by atoms with van der Waals surface area (Å²) in [7, 11) is 0. The molecule has 0 saturated heterocycles. The SMILES string of the molecule is CCCCCCCCCCCCCCCCCCCCC(=O)OCCCCCC/C=C\CCCC(=O)NC(CO)C(O)CCCCCCCCCCCCCCCCCCCC. The second-order valence-electron chi connectivity index (χ2n) is 19.3. The van der Waals surface area contributed by atoms with Crippen molar-refractivity contribution in [1.29, 1.82) is 0 Å². The maximum Gasteiger partial charge on any atom is 0.305 e. The number of amides is 1. The number of esters is 1. The van der Waals surface area contributed by atoms with Gasteiger partial charge in [-0.1, -0.05) is 264 Å². The Kier molecular flexibility index (Phi) is 51.0. The van der Waals surface area contributed by atoms with Gasteiger partial charge >= 0.3 is 5.97 Å².